The number of nitrogens with zero attached hydrogens (tertiary/aromatic N) is 5. The zero-order valence-corrected chi connectivity index (χ0v) is 16.2. The molecule has 0 saturated heterocycles. The van der Waals surface area contributed by atoms with Gasteiger partial charge in [0.2, 0.25) is 17.6 Å². The van der Waals surface area contributed by atoms with E-state index >= 15 is 0 Å². The zero-order chi connectivity index (χ0) is 20.9. The van der Waals surface area contributed by atoms with E-state index in [1.807, 2.05) is 11.6 Å². The Labute approximate surface area is 171 Å². The largest absolute Gasteiger partial charge is 0.342 e. The Morgan fingerprint density at radius 1 is 1.17 bits per heavy atom. The molecule has 1 amide bonds. The topological polar surface area (TPSA) is 98.7 Å². The van der Waals surface area contributed by atoms with Crippen LogP contribution in [0.4, 0.5) is 4.39 Å². The minimum absolute atomic E-state index is 0.153. The van der Waals surface area contributed by atoms with E-state index in [2.05, 4.69) is 25.4 Å². The summed E-state index contributed by atoms with van der Waals surface area (Å²) < 4.78 is 20.4. The first-order valence-corrected chi connectivity index (χ1v) is 9.35. The number of imidazole rings is 1. The van der Waals surface area contributed by atoms with E-state index in [0.717, 1.165) is 11.1 Å². The van der Waals surface area contributed by atoms with Crippen LogP contribution in [-0.2, 0) is 18.3 Å². The highest BCUT2D eigenvalue weighted by Gasteiger charge is 2.21. The lowest BCUT2D eigenvalue weighted by molar-refractivity contribution is -0.121. The molecule has 8 nitrogen and oxygen atoms in total. The second-order valence-corrected chi connectivity index (χ2v) is 6.70. The number of halogens is 1. The Kier molecular flexibility index (Phi) is 5.60. The average Bonchev–Trinajstić information content (AvgIpc) is 3.41. The molecule has 3 heterocycles. The molecular weight excluding hydrogens is 387 g/mol. The summed E-state index contributed by atoms with van der Waals surface area (Å²) in [5.41, 5.74) is 1.52. The summed E-state index contributed by atoms with van der Waals surface area (Å²) in [5, 5.41) is 6.90. The molecule has 9 heteroatoms. The molecule has 0 aliphatic rings. The van der Waals surface area contributed by atoms with Gasteiger partial charge in [-0.3, -0.25) is 9.78 Å². The van der Waals surface area contributed by atoms with Crippen molar-refractivity contribution in [3.05, 3.63) is 84.3 Å². The molecule has 4 rings (SSSR count). The van der Waals surface area contributed by atoms with Crippen LogP contribution in [0, 0.1) is 5.82 Å². The van der Waals surface area contributed by atoms with Gasteiger partial charge in [0.1, 0.15) is 17.7 Å². The lowest BCUT2D eigenvalue weighted by Crippen LogP contribution is -2.31. The van der Waals surface area contributed by atoms with E-state index in [4.69, 9.17) is 4.52 Å². The number of carbonyl (C=O) groups is 1. The number of aryl methyl sites for hydroxylation is 2. The van der Waals surface area contributed by atoms with Gasteiger partial charge >= 0.3 is 0 Å². The molecule has 3 aromatic heterocycles. The van der Waals surface area contributed by atoms with Gasteiger partial charge in [-0.2, -0.15) is 4.98 Å². The molecule has 1 atom stereocenters. The molecule has 30 heavy (non-hydrogen) atoms. The Hall–Kier alpha value is -3.88. The number of aromatic nitrogens is 5. The van der Waals surface area contributed by atoms with Crippen molar-refractivity contribution in [2.24, 2.45) is 7.05 Å². The van der Waals surface area contributed by atoms with Crippen LogP contribution in [-0.4, -0.2) is 30.6 Å². The van der Waals surface area contributed by atoms with Crippen molar-refractivity contribution >= 4 is 5.91 Å². The van der Waals surface area contributed by atoms with E-state index in [1.54, 1.807) is 49.1 Å². The van der Waals surface area contributed by atoms with Gasteiger partial charge in [-0.05, 0) is 29.8 Å². The standard InChI is InChI=1S/C21H19FN6O2/c1-28-13-12-24-21(28)19(14-2-4-16(22)5-3-14)25-17(29)6-7-18-26-20(27-30-18)15-8-10-23-11-9-15/h2-5,8-13,19H,6-7H2,1H3,(H,25,29). The average molecular weight is 406 g/mol. The van der Waals surface area contributed by atoms with Crippen LogP contribution in [0.25, 0.3) is 11.4 Å². The number of hydrogen-bond donors (Lipinski definition) is 1. The molecule has 0 fully saturated rings. The number of amides is 1. The van der Waals surface area contributed by atoms with Crippen molar-refractivity contribution < 1.29 is 13.7 Å². The Morgan fingerprint density at radius 2 is 1.93 bits per heavy atom. The molecule has 0 bridgehead atoms. The summed E-state index contributed by atoms with van der Waals surface area (Å²) in [4.78, 5) is 25.2. The smallest absolute Gasteiger partial charge is 0.227 e. The highest BCUT2D eigenvalue weighted by Crippen LogP contribution is 2.21. The minimum Gasteiger partial charge on any atom is -0.342 e. The van der Waals surface area contributed by atoms with Crippen molar-refractivity contribution in [2.75, 3.05) is 0 Å². The third-order valence-electron chi connectivity index (χ3n) is 4.60. The summed E-state index contributed by atoms with van der Waals surface area (Å²) >= 11 is 0. The molecule has 0 aliphatic heterocycles. The lowest BCUT2D eigenvalue weighted by Gasteiger charge is -2.19. The summed E-state index contributed by atoms with van der Waals surface area (Å²) in [6, 6.07) is 9.03. The molecule has 0 aliphatic carbocycles. The van der Waals surface area contributed by atoms with Crippen molar-refractivity contribution in [1.82, 2.24) is 30.0 Å². The van der Waals surface area contributed by atoms with E-state index in [9.17, 15) is 9.18 Å². The summed E-state index contributed by atoms with van der Waals surface area (Å²) in [7, 11) is 1.84. The van der Waals surface area contributed by atoms with E-state index in [-0.39, 0.29) is 18.1 Å². The third-order valence-corrected chi connectivity index (χ3v) is 4.60. The van der Waals surface area contributed by atoms with Gasteiger partial charge in [-0.15, -0.1) is 0 Å². The Bertz CT molecular complexity index is 1120. The van der Waals surface area contributed by atoms with E-state index < -0.39 is 6.04 Å². The predicted molar refractivity (Wildman–Crippen MR) is 105 cm³/mol. The quantitative estimate of drug-likeness (QED) is 0.507. The zero-order valence-electron chi connectivity index (χ0n) is 16.2. The number of pyridine rings is 1. The maximum absolute atomic E-state index is 13.3. The monoisotopic (exact) mass is 406 g/mol. The predicted octanol–water partition coefficient (Wildman–Crippen LogP) is 2.84. The molecule has 1 unspecified atom stereocenters. The maximum Gasteiger partial charge on any atom is 0.227 e. The number of benzene rings is 1. The number of carbonyl (C=O) groups excluding carboxylic acids is 1. The van der Waals surface area contributed by atoms with Crippen LogP contribution in [0.5, 0.6) is 0 Å². The van der Waals surface area contributed by atoms with Crippen LogP contribution in [0.1, 0.15) is 29.7 Å². The molecule has 0 radical (unpaired) electrons. The summed E-state index contributed by atoms with van der Waals surface area (Å²) in [5.74, 6) is 0.908. The fourth-order valence-electron chi connectivity index (χ4n) is 3.04. The first-order chi connectivity index (χ1) is 14.6. The SMILES string of the molecule is Cn1ccnc1C(NC(=O)CCc1nc(-c2ccncc2)no1)c1ccc(F)cc1. The molecule has 0 spiro atoms. The molecule has 1 aromatic carbocycles. The third kappa shape index (κ3) is 4.40. The highest BCUT2D eigenvalue weighted by molar-refractivity contribution is 5.77. The van der Waals surface area contributed by atoms with Crippen molar-refractivity contribution in [3.8, 4) is 11.4 Å². The van der Waals surface area contributed by atoms with Gasteiger partial charge in [0, 0.05) is 50.2 Å². The van der Waals surface area contributed by atoms with Crippen LogP contribution in [0.15, 0.2) is 65.7 Å². The first kappa shape index (κ1) is 19.4. The van der Waals surface area contributed by atoms with Gasteiger partial charge in [-0.1, -0.05) is 17.3 Å². The van der Waals surface area contributed by atoms with Crippen LogP contribution in [0.3, 0.4) is 0 Å². The fraction of sp³-hybridized carbons (Fsp3) is 0.190. The number of nitrogens with one attached hydrogen (secondary N) is 1. The van der Waals surface area contributed by atoms with Crippen molar-refractivity contribution in [3.63, 3.8) is 0 Å². The van der Waals surface area contributed by atoms with Gasteiger partial charge in [0.05, 0.1) is 0 Å². The fourth-order valence-corrected chi connectivity index (χ4v) is 3.04. The minimum atomic E-state index is -0.506. The van der Waals surface area contributed by atoms with Gasteiger partial charge < -0.3 is 14.4 Å². The number of hydrogen-bond acceptors (Lipinski definition) is 6. The van der Waals surface area contributed by atoms with Crippen LogP contribution >= 0.6 is 0 Å². The first-order valence-electron chi connectivity index (χ1n) is 9.35. The summed E-state index contributed by atoms with van der Waals surface area (Å²) in [6.45, 7) is 0. The Morgan fingerprint density at radius 3 is 2.63 bits per heavy atom. The molecule has 4 aromatic rings. The van der Waals surface area contributed by atoms with Gasteiger partial charge in [0.25, 0.3) is 0 Å². The second kappa shape index (κ2) is 8.64. The molecular formula is C21H19FN6O2. The van der Waals surface area contributed by atoms with E-state index in [1.165, 1.54) is 12.1 Å². The van der Waals surface area contributed by atoms with Crippen molar-refractivity contribution in [2.45, 2.75) is 18.9 Å². The normalized spacial score (nSPS) is 11.9. The van der Waals surface area contributed by atoms with E-state index in [0.29, 0.717) is 24.0 Å². The molecule has 1 N–H and O–H groups in total. The second-order valence-electron chi connectivity index (χ2n) is 6.70. The van der Waals surface area contributed by atoms with Gasteiger partial charge in [0.15, 0.2) is 0 Å². The van der Waals surface area contributed by atoms with Crippen LogP contribution in [0.2, 0.25) is 0 Å². The Balaban J connectivity index is 1.44. The maximum atomic E-state index is 13.3. The number of rotatable bonds is 7. The molecule has 152 valence electrons. The van der Waals surface area contributed by atoms with Gasteiger partial charge in [-0.25, -0.2) is 9.37 Å². The van der Waals surface area contributed by atoms with Crippen molar-refractivity contribution in [1.29, 1.82) is 0 Å². The van der Waals surface area contributed by atoms with Crippen LogP contribution < -0.4 is 5.32 Å². The summed E-state index contributed by atoms with van der Waals surface area (Å²) in [6.07, 6.45) is 7.17. The highest BCUT2D eigenvalue weighted by atomic mass is 19.1. The lowest BCUT2D eigenvalue weighted by atomic mass is 10.1. The molecule has 0 saturated carbocycles.